The minimum Gasteiger partial charge on any atom is -0.481 e. The lowest BCUT2D eigenvalue weighted by Crippen LogP contribution is -2.31. The molecule has 0 aliphatic heterocycles. The molecule has 17 heavy (non-hydrogen) atoms. The smallest absolute Gasteiger partial charge is 0.303 e. The molecule has 0 aliphatic rings. The van der Waals surface area contributed by atoms with Crippen LogP contribution in [0.5, 0.6) is 0 Å². The molecular formula is C11H19N3O2S. The van der Waals surface area contributed by atoms with Crippen molar-refractivity contribution in [3.63, 3.8) is 0 Å². The summed E-state index contributed by atoms with van der Waals surface area (Å²) in [5.74, 6) is -0.412. The number of aliphatic carboxylic acids is 1. The fourth-order valence-electron chi connectivity index (χ4n) is 1.29. The van der Waals surface area contributed by atoms with Crippen LogP contribution in [0.15, 0.2) is 0 Å². The molecule has 0 saturated heterocycles. The third kappa shape index (κ3) is 4.68. The molecule has 0 fully saturated rings. The molecule has 0 unspecified atom stereocenters. The zero-order valence-corrected chi connectivity index (χ0v) is 11.5. The van der Waals surface area contributed by atoms with E-state index < -0.39 is 5.97 Å². The van der Waals surface area contributed by atoms with Crippen LogP contribution in [0.3, 0.4) is 0 Å². The van der Waals surface area contributed by atoms with Gasteiger partial charge in [0.05, 0.1) is 0 Å². The first-order valence-electron chi connectivity index (χ1n) is 5.63. The average Bonchev–Trinajstić information content (AvgIpc) is 2.63. The molecule has 1 rings (SSSR count). The number of nitrogens with one attached hydrogen (secondary N) is 1. The van der Waals surface area contributed by atoms with Gasteiger partial charge in [-0.1, -0.05) is 25.2 Å². The summed E-state index contributed by atoms with van der Waals surface area (Å²) >= 11 is 1.52. The summed E-state index contributed by atoms with van der Waals surface area (Å²) in [5, 5.41) is 21.8. The predicted octanol–water partition coefficient (Wildman–Crippen LogP) is 2.72. The quantitative estimate of drug-likeness (QED) is 0.819. The average molecular weight is 257 g/mol. The summed E-state index contributed by atoms with van der Waals surface area (Å²) < 4.78 is 0. The highest BCUT2D eigenvalue weighted by atomic mass is 32.1. The van der Waals surface area contributed by atoms with Gasteiger partial charge in [0.25, 0.3) is 0 Å². The Kier molecular flexibility index (Phi) is 4.45. The molecule has 1 aromatic rings. The largest absolute Gasteiger partial charge is 0.481 e. The van der Waals surface area contributed by atoms with Crippen LogP contribution >= 0.6 is 11.3 Å². The lowest BCUT2D eigenvalue weighted by molar-refractivity contribution is -0.137. The van der Waals surface area contributed by atoms with Crippen LogP contribution in [0.2, 0.25) is 0 Å². The van der Waals surface area contributed by atoms with Gasteiger partial charge in [-0.15, -0.1) is 10.2 Å². The standard InChI is InChI=1S/C11H19N3O2S/c1-7(2)9-13-14-10(17-9)12-11(3,4)6-5-8(15)16/h7H,5-6H2,1-4H3,(H,12,14)(H,15,16). The van der Waals surface area contributed by atoms with E-state index in [-0.39, 0.29) is 12.0 Å². The maximum absolute atomic E-state index is 10.5. The SMILES string of the molecule is CC(C)c1nnc(NC(C)(C)CCC(=O)O)s1. The first-order chi connectivity index (χ1) is 7.80. The third-order valence-corrected chi connectivity index (χ3v) is 3.48. The molecule has 6 heteroatoms. The number of aromatic nitrogens is 2. The highest BCUT2D eigenvalue weighted by molar-refractivity contribution is 7.15. The highest BCUT2D eigenvalue weighted by Gasteiger charge is 2.21. The zero-order valence-electron chi connectivity index (χ0n) is 10.6. The van der Waals surface area contributed by atoms with E-state index in [2.05, 4.69) is 29.4 Å². The maximum Gasteiger partial charge on any atom is 0.303 e. The molecule has 2 N–H and O–H groups in total. The Morgan fingerprint density at radius 1 is 1.47 bits per heavy atom. The number of carboxylic acid groups (broad SMARTS) is 1. The second kappa shape index (κ2) is 5.44. The summed E-state index contributed by atoms with van der Waals surface area (Å²) in [6.45, 7) is 8.07. The highest BCUT2D eigenvalue weighted by Crippen LogP contribution is 2.26. The molecular weight excluding hydrogens is 238 g/mol. The van der Waals surface area contributed by atoms with Crippen LogP contribution in [-0.4, -0.2) is 26.8 Å². The monoisotopic (exact) mass is 257 g/mol. The van der Waals surface area contributed by atoms with Crippen LogP contribution in [0.25, 0.3) is 0 Å². The van der Waals surface area contributed by atoms with E-state index in [9.17, 15) is 4.79 Å². The van der Waals surface area contributed by atoms with Gasteiger partial charge in [-0.05, 0) is 20.3 Å². The summed E-state index contributed by atoms with van der Waals surface area (Å²) in [6.07, 6.45) is 0.703. The number of hydrogen-bond donors (Lipinski definition) is 2. The normalized spacial score (nSPS) is 11.8. The summed E-state index contributed by atoms with van der Waals surface area (Å²) in [5.41, 5.74) is -0.286. The van der Waals surface area contributed by atoms with Crippen LogP contribution < -0.4 is 5.32 Å². The van der Waals surface area contributed by atoms with Gasteiger partial charge in [-0.2, -0.15) is 0 Å². The van der Waals surface area contributed by atoms with Crippen molar-refractivity contribution in [1.29, 1.82) is 0 Å². The van der Waals surface area contributed by atoms with Crippen molar-refractivity contribution >= 4 is 22.4 Å². The molecule has 0 atom stereocenters. The van der Waals surface area contributed by atoms with Crippen molar-refractivity contribution in [1.82, 2.24) is 10.2 Å². The number of anilines is 1. The Morgan fingerprint density at radius 3 is 2.59 bits per heavy atom. The van der Waals surface area contributed by atoms with Gasteiger partial charge in [0.15, 0.2) is 0 Å². The van der Waals surface area contributed by atoms with Crippen molar-refractivity contribution < 1.29 is 9.90 Å². The summed E-state index contributed by atoms with van der Waals surface area (Å²) in [7, 11) is 0. The molecule has 96 valence electrons. The van der Waals surface area contributed by atoms with Crippen molar-refractivity contribution in [2.24, 2.45) is 0 Å². The van der Waals surface area contributed by atoms with E-state index in [1.54, 1.807) is 0 Å². The summed E-state index contributed by atoms with van der Waals surface area (Å²) in [4.78, 5) is 10.5. The Hall–Kier alpha value is -1.17. The van der Waals surface area contributed by atoms with Crippen molar-refractivity contribution in [3.8, 4) is 0 Å². The van der Waals surface area contributed by atoms with E-state index in [1.807, 2.05) is 13.8 Å². The van der Waals surface area contributed by atoms with E-state index in [0.717, 1.165) is 10.1 Å². The number of nitrogens with zero attached hydrogens (tertiary/aromatic N) is 2. The van der Waals surface area contributed by atoms with Gasteiger partial charge in [-0.3, -0.25) is 4.79 Å². The molecule has 0 amide bonds. The predicted molar refractivity (Wildman–Crippen MR) is 68.6 cm³/mol. The van der Waals surface area contributed by atoms with Crippen molar-refractivity contribution in [3.05, 3.63) is 5.01 Å². The molecule has 1 heterocycles. The Bertz CT molecular complexity index is 388. The minimum absolute atomic E-state index is 0.149. The Morgan fingerprint density at radius 2 is 2.12 bits per heavy atom. The van der Waals surface area contributed by atoms with E-state index >= 15 is 0 Å². The fourth-order valence-corrected chi connectivity index (χ4v) is 2.21. The fraction of sp³-hybridized carbons (Fsp3) is 0.727. The molecule has 1 aromatic heterocycles. The van der Waals surface area contributed by atoms with E-state index in [0.29, 0.717) is 12.3 Å². The van der Waals surface area contributed by atoms with Gasteiger partial charge >= 0.3 is 5.97 Å². The van der Waals surface area contributed by atoms with Crippen LogP contribution in [0.4, 0.5) is 5.13 Å². The molecule has 5 nitrogen and oxygen atoms in total. The first kappa shape index (κ1) is 13.9. The minimum atomic E-state index is -0.778. The lowest BCUT2D eigenvalue weighted by Gasteiger charge is -2.24. The molecule has 0 bridgehead atoms. The first-order valence-corrected chi connectivity index (χ1v) is 6.45. The van der Waals surface area contributed by atoms with Gasteiger partial charge in [0.1, 0.15) is 5.01 Å². The molecule has 0 aromatic carbocycles. The topological polar surface area (TPSA) is 75.1 Å². The maximum atomic E-state index is 10.5. The van der Waals surface area contributed by atoms with Crippen molar-refractivity contribution in [2.45, 2.75) is 52.0 Å². The second-order valence-electron chi connectivity index (χ2n) is 5.00. The van der Waals surface area contributed by atoms with E-state index in [4.69, 9.17) is 5.11 Å². The van der Waals surface area contributed by atoms with E-state index in [1.165, 1.54) is 11.3 Å². The van der Waals surface area contributed by atoms with Gasteiger partial charge in [0.2, 0.25) is 5.13 Å². The number of rotatable bonds is 6. The lowest BCUT2D eigenvalue weighted by atomic mass is 9.99. The molecule has 0 saturated carbocycles. The van der Waals surface area contributed by atoms with Gasteiger partial charge < -0.3 is 10.4 Å². The Balaban J connectivity index is 2.59. The van der Waals surface area contributed by atoms with Gasteiger partial charge in [0, 0.05) is 17.9 Å². The van der Waals surface area contributed by atoms with Gasteiger partial charge in [-0.25, -0.2) is 0 Å². The molecule has 0 radical (unpaired) electrons. The number of hydrogen-bond acceptors (Lipinski definition) is 5. The molecule has 0 aliphatic carbocycles. The van der Waals surface area contributed by atoms with Crippen LogP contribution in [0, 0.1) is 0 Å². The van der Waals surface area contributed by atoms with Crippen LogP contribution in [0.1, 0.15) is 51.5 Å². The zero-order chi connectivity index (χ0) is 13.1. The third-order valence-electron chi connectivity index (χ3n) is 2.34. The van der Waals surface area contributed by atoms with Crippen molar-refractivity contribution in [2.75, 3.05) is 5.32 Å². The van der Waals surface area contributed by atoms with Crippen LogP contribution in [-0.2, 0) is 4.79 Å². The Labute approximate surface area is 105 Å². The second-order valence-corrected chi connectivity index (χ2v) is 6.01. The summed E-state index contributed by atoms with van der Waals surface area (Å²) in [6, 6.07) is 0. The molecule has 0 spiro atoms. The number of carbonyl (C=O) groups is 1. The number of carboxylic acids is 1.